The van der Waals surface area contributed by atoms with Gasteiger partial charge < -0.3 is 14.3 Å². The molecule has 3 aromatic heterocycles. The highest BCUT2D eigenvalue weighted by molar-refractivity contribution is 5.48. The fourth-order valence-electron chi connectivity index (χ4n) is 3.33. The van der Waals surface area contributed by atoms with Gasteiger partial charge in [-0.15, -0.1) is 10.2 Å². The lowest BCUT2D eigenvalue weighted by atomic mass is 10.1. The van der Waals surface area contributed by atoms with Crippen LogP contribution in [0.2, 0.25) is 0 Å². The van der Waals surface area contributed by atoms with E-state index in [9.17, 15) is 0 Å². The van der Waals surface area contributed by atoms with E-state index in [1.54, 1.807) is 0 Å². The second-order valence-corrected chi connectivity index (χ2v) is 6.32. The molecule has 0 aliphatic carbocycles. The van der Waals surface area contributed by atoms with Gasteiger partial charge in [0, 0.05) is 25.7 Å². The molecular formula is C17H22N6. The van der Waals surface area contributed by atoms with Crippen LogP contribution in [-0.4, -0.2) is 24.1 Å². The van der Waals surface area contributed by atoms with E-state index in [1.165, 1.54) is 18.4 Å². The average Bonchev–Trinajstić information content (AvgIpc) is 3.17. The van der Waals surface area contributed by atoms with Crippen LogP contribution < -0.4 is 5.32 Å². The quantitative estimate of drug-likeness (QED) is 0.804. The summed E-state index contributed by atoms with van der Waals surface area (Å²) in [6.45, 7) is 6.04. The number of rotatable bonds is 4. The summed E-state index contributed by atoms with van der Waals surface area (Å²) in [4.78, 5) is 4.52. The predicted molar refractivity (Wildman–Crippen MR) is 88.1 cm³/mol. The van der Waals surface area contributed by atoms with Crippen molar-refractivity contribution in [3.8, 4) is 0 Å². The van der Waals surface area contributed by atoms with E-state index in [0.29, 0.717) is 0 Å². The summed E-state index contributed by atoms with van der Waals surface area (Å²) >= 11 is 0. The lowest BCUT2D eigenvalue weighted by Crippen LogP contribution is -2.24. The Morgan fingerprint density at radius 2 is 2.22 bits per heavy atom. The highest BCUT2D eigenvalue weighted by Gasteiger charge is 2.20. The Kier molecular flexibility index (Phi) is 3.61. The van der Waals surface area contributed by atoms with Crippen molar-refractivity contribution in [1.29, 1.82) is 0 Å². The van der Waals surface area contributed by atoms with E-state index in [-0.39, 0.29) is 6.04 Å². The van der Waals surface area contributed by atoms with Crippen LogP contribution in [0.25, 0.3) is 5.65 Å². The highest BCUT2D eigenvalue weighted by atomic mass is 15.3. The lowest BCUT2D eigenvalue weighted by molar-refractivity contribution is 0.463. The Hall–Kier alpha value is -2.21. The fourth-order valence-corrected chi connectivity index (χ4v) is 3.33. The van der Waals surface area contributed by atoms with Crippen molar-refractivity contribution < 1.29 is 0 Å². The third-order valence-corrected chi connectivity index (χ3v) is 4.67. The second kappa shape index (κ2) is 5.77. The monoisotopic (exact) mass is 310 g/mol. The Balaban J connectivity index is 1.52. The molecule has 120 valence electrons. The van der Waals surface area contributed by atoms with Gasteiger partial charge in [-0.2, -0.15) is 0 Å². The van der Waals surface area contributed by atoms with E-state index < -0.39 is 0 Å². The van der Waals surface area contributed by atoms with Gasteiger partial charge in [0.15, 0.2) is 0 Å². The molecule has 0 saturated carbocycles. The lowest BCUT2D eigenvalue weighted by Gasteiger charge is -2.18. The average molecular weight is 310 g/mol. The van der Waals surface area contributed by atoms with Crippen molar-refractivity contribution in [1.82, 2.24) is 29.5 Å². The van der Waals surface area contributed by atoms with E-state index in [4.69, 9.17) is 0 Å². The van der Waals surface area contributed by atoms with Gasteiger partial charge in [0.1, 0.15) is 17.3 Å². The first-order chi connectivity index (χ1) is 11.2. The molecule has 0 fully saturated rings. The molecule has 1 unspecified atom stereocenters. The minimum atomic E-state index is 0.171. The zero-order valence-corrected chi connectivity index (χ0v) is 13.7. The zero-order valence-electron chi connectivity index (χ0n) is 13.7. The third kappa shape index (κ3) is 2.53. The first-order valence-corrected chi connectivity index (χ1v) is 8.31. The van der Waals surface area contributed by atoms with Crippen molar-refractivity contribution in [3.05, 3.63) is 47.4 Å². The zero-order chi connectivity index (χ0) is 15.8. The van der Waals surface area contributed by atoms with Gasteiger partial charge in [0.05, 0.1) is 17.9 Å². The molecule has 1 N–H and O–H groups in total. The van der Waals surface area contributed by atoms with Crippen molar-refractivity contribution in [3.63, 3.8) is 0 Å². The van der Waals surface area contributed by atoms with E-state index >= 15 is 0 Å². The highest BCUT2D eigenvalue weighted by Crippen LogP contribution is 2.19. The molecule has 0 bridgehead atoms. The minimum absolute atomic E-state index is 0.171. The molecule has 1 aliphatic heterocycles. The number of hydrogen-bond donors (Lipinski definition) is 1. The third-order valence-electron chi connectivity index (χ3n) is 4.67. The SMILES string of the molecule is Cc1cccn2c(CNC(C)c3nnc4n3CCCC4)cnc12. The Morgan fingerprint density at radius 1 is 1.30 bits per heavy atom. The molecule has 1 aliphatic rings. The van der Waals surface area contributed by atoms with Crippen molar-refractivity contribution in [2.45, 2.75) is 52.2 Å². The van der Waals surface area contributed by atoms with Gasteiger partial charge in [-0.25, -0.2) is 4.98 Å². The number of imidazole rings is 1. The second-order valence-electron chi connectivity index (χ2n) is 6.32. The fraction of sp³-hybridized carbons (Fsp3) is 0.471. The summed E-state index contributed by atoms with van der Waals surface area (Å²) in [7, 11) is 0. The van der Waals surface area contributed by atoms with Gasteiger partial charge in [-0.3, -0.25) is 0 Å². The topological polar surface area (TPSA) is 60.0 Å². The number of fused-ring (bicyclic) bond motifs is 2. The van der Waals surface area contributed by atoms with Crippen LogP contribution in [0.5, 0.6) is 0 Å². The molecule has 3 aromatic rings. The van der Waals surface area contributed by atoms with Gasteiger partial charge >= 0.3 is 0 Å². The molecular weight excluding hydrogens is 288 g/mol. The minimum Gasteiger partial charge on any atom is -0.314 e. The maximum Gasteiger partial charge on any atom is 0.149 e. The predicted octanol–water partition coefficient (Wildman–Crippen LogP) is 2.42. The number of aryl methyl sites for hydroxylation is 2. The summed E-state index contributed by atoms with van der Waals surface area (Å²) in [5.41, 5.74) is 3.38. The Labute approximate surface area is 135 Å². The standard InChI is InChI=1S/C17H22N6/c1-12-6-5-9-22-14(11-19-16(12)22)10-18-13(2)17-21-20-15-7-3-4-8-23(15)17/h5-6,9,11,13,18H,3-4,7-8,10H2,1-2H3. The van der Waals surface area contributed by atoms with Crippen LogP contribution >= 0.6 is 0 Å². The van der Waals surface area contributed by atoms with Gasteiger partial charge in [-0.1, -0.05) is 6.07 Å². The summed E-state index contributed by atoms with van der Waals surface area (Å²) in [6.07, 6.45) is 7.50. The molecule has 4 rings (SSSR count). The Bertz CT molecular complexity index is 831. The normalized spacial score (nSPS) is 15.7. The molecule has 0 saturated heterocycles. The molecule has 6 heteroatoms. The number of nitrogens with one attached hydrogen (secondary N) is 1. The van der Waals surface area contributed by atoms with E-state index in [2.05, 4.69) is 61.6 Å². The molecule has 6 nitrogen and oxygen atoms in total. The van der Waals surface area contributed by atoms with Crippen molar-refractivity contribution >= 4 is 5.65 Å². The molecule has 4 heterocycles. The first kappa shape index (κ1) is 14.4. The van der Waals surface area contributed by atoms with Crippen molar-refractivity contribution in [2.24, 2.45) is 0 Å². The van der Waals surface area contributed by atoms with E-state index in [0.717, 1.165) is 42.5 Å². The largest absolute Gasteiger partial charge is 0.314 e. The summed E-state index contributed by atoms with van der Waals surface area (Å²) in [5.74, 6) is 2.18. The van der Waals surface area contributed by atoms with Gasteiger partial charge in [0.25, 0.3) is 0 Å². The van der Waals surface area contributed by atoms with Gasteiger partial charge in [-0.05, 0) is 38.3 Å². The molecule has 0 amide bonds. The number of aromatic nitrogens is 5. The maximum atomic E-state index is 4.52. The summed E-state index contributed by atoms with van der Waals surface area (Å²) < 4.78 is 4.42. The van der Waals surface area contributed by atoms with Gasteiger partial charge in [0.2, 0.25) is 0 Å². The van der Waals surface area contributed by atoms with Crippen LogP contribution in [-0.2, 0) is 19.5 Å². The van der Waals surface area contributed by atoms with Crippen LogP contribution in [0.4, 0.5) is 0 Å². The molecule has 0 radical (unpaired) electrons. The van der Waals surface area contributed by atoms with Crippen LogP contribution in [0, 0.1) is 6.92 Å². The van der Waals surface area contributed by atoms with Crippen LogP contribution in [0.3, 0.4) is 0 Å². The number of pyridine rings is 1. The number of nitrogens with zero attached hydrogens (tertiary/aromatic N) is 5. The van der Waals surface area contributed by atoms with Crippen LogP contribution in [0.1, 0.15) is 48.7 Å². The number of hydrogen-bond acceptors (Lipinski definition) is 4. The van der Waals surface area contributed by atoms with E-state index in [1.807, 2.05) is 6.20 Å². The first-order valence-electron chi connectivity index (χ1n) is 8.31. The molecule has 0 spiro atoms. The Morgan fingerprint density at radius 3 is 3.13 bits per heavy atom. The van der Waals surface area contributed by atoms with Crippen LogP contribution in [0.15, 0.2) is 24.5 Å². The molecule has 1 atom stereocenters. The van der Waals surface area contributed by atoms with Crippen molar-refractivity contribution in [2.75, 3.05) is 0 Å². The molecule has 23 heavy (non-hydrogen) atoms. The summed E-state index contributed by atoms with van der Waals surface area (Å²) in [5, 5.41) is 12.3. The smallest absolute Gasteiger partial charge is 0.149 e. The summed E-state index contributed by atoms with van der Waals surface area (Å²) in [6, 6.07) is 4.32. The maximum absolute atomic E-state index is 4.52. The molecule has 0 aromatic carbocycles.